The lowest BCUT2D eigenvalue weighted by Crippen LogP contribution is -2.10. The quantitative estimate of drug-likeness (QED) is 0.600. The number of hydrazine groups is 1. The van der Waals surface area contributed by atoms with Gasteiger partial charge in [-0.3, -0.25) is 0 Å². The molecule has 0 aliphatic rings. The molecule has 0 aliphatic heterocycles. The van der Waals surface area contributed by atoms with Crippen molar-refractivity contribution in [3.63, 3.8) is 0 Å². The summed E-state index contributed by atoms with van der Waals surface area (Å²) in [5, 5.41) is 3.03. The normalized spacial score (nSPS) is 10.3. The smallest absolute Gasteiger partial charge is 0.143 e. The molecule has 0 saturated carbocycles. The summed E-state index contributed by atoms with van der Waals surface area (Å²) in [5.74, 6) is 6.60. The first-order valence-electron chi connectivity index (χ1n) is 4.47. The fourth-order valence-electron chi connectivity index (χ4n) is 1.18. The molecule has 0 saturated heterocycles. The molecule has 5 nitrogen and oxygen atoms in total. The minimum absolute atomic E-state index is 0.619. The van der Waals surface area contributed by atoms with E-state index < -0.39 is 0 Å². The molecule has 6 heteroatoms. The second kappa shape index (κ2) is 4.33. The Morgan fingerprint density at radius 2 is 2.33 bits per heavy atom. The zero-order chi connectivity index (χ0) is 10.7. The number of nitrogens with zero attached hydrogens (tertiary/aromatic N) is 3. The number of hydrogen-bond donors (Lipinski definition) is 2. The Bertz CT molecular complexity index is 453. The number of rotatable bonds is 3. The first-order chi connectivity index (χ1) is 7.28. The van der Waals surface area contributed by atoms with Gasteiger partial charge >= 0.3 is 0 Å². The predicted octanol–water partition coefficient (Wildman–Crippen LogP) is 1.12. The van der Waals surface area contributed by atoms with Gasteiger partial charge in [0.2, 0.25) is 0 Å². The average Bonchev–Trinajstić information content (AvgIpc) is 2.64. The van der Waals surface area contributed by atoms with Gasteiger partial charge in [0.25, 0.3) is 0 Å². The molecule has 0 amide bonds. The maximum Gasteiger partial charge on any atom is 0.143 e. The fraction of sp³-hybridized carbons (Fsp3) is 0.222. The molecule has 0 unspecified atom stereocenters. The third kappa shape index (κ3) is 2.48. The summed E-state index contributed by atoms with van der Waals surface area (Å²) in [4.78, 5) is 12.7. The second-order valence-corrected chi connectivity index (χ2v) is 4.00. The van der Waals surface area contributed by atoms with Crippen LogP contribution in [0, 0.1) is 6.92 Å². The zero-order valence-corrected chi connectivity index (χ0v) is 9.08. The van der Waals surface area contributed by atoms with Gasteiger partial charge in [0, 0.05) is 23.3 Å². The summed E-state index contributed by atoms with van der Waals surface area (Å²) in [6, 6.07) is 1.72. The van der Waals surface area contributed by atoms with Crippen molar-refractivity contribution in [3.05, 3.63) is 34.2 Å². The van der Waals surface area contributed by atoms with Crippen molar-refractivity contribution in [1.82, 2.24) is 15.0 Å². The summed E-state index contributed by atoms with van der Waals surface area (Å²) in [6.07, 6.45) is 2.33. The summed E-state index contributed by atoms with van der Waals surface area (Å²) in [7, 11) is 0. The van der Waals surface area contributed by atoms with Gasteiger partial charge in [-0.15, -0.1) is 11.3 Å². The fourth-order valence-corrected chi connectivity index (χ4v) is 1.95. The van der Waals surface area contributed by atoms with Gasteiger partial charge in [-0.1, -0.05) is 0 Å². The second-order valence-electron chi connectivity index (χ2n) is 3.06. The molecule has 2 heterocycles. The topological polar surface area (TPSA) is 76.7 Å². The van der Waals surface area contributed by atoms with Gasteiger partial charge in [0.15, 0.2) is 0 Å². The lowest BCUT2D eigenvalue weighted by atomic mass is 10.4. The number of aryl methyl sites for hydroxylation is 1. The molecule has 0 bridgehead atoms. The van der Waals surface area contributed by atoms with Crippen LogP contribution in [0.3, 0.4) is 0 Å². The zero-order valence-electron chi connectivity index (χ0n) is 8.27. The van der Waals surface area contributed by atoms with E-state index in [0.717, 1.165) is 16.5 Å². The first kappa shape index (κ1) is 10.0. The van der Waals surface area contributed by atoms with Crippen LogP contribution in [-0.4, -0.2) is 15.0 Å². The highest BCUT2D eigenvalue weighted by atomic mass is 32.1. The van der Waals surface area contributed by atoms with E-state index in [4.69, 9.17) is 5.84 Å². The molecule has 0 spiro atoms. The van der Waals surface area contributed by atoms with Crippen LogP contribution in [0.2, 0.25) is 0 Å². The SMILES string of the molecule is Cc1csc(Cc2nccc(NN)n2)n1. The Hall–Kier alpha value is -1.53. The van der Waals surface area contributed by atoms with Crippen LogP contribution in [0.5, 0.6) is 0 Å². The summed E-state index contributed by atoms with van der Waals surface area (Å²) < 4.78 is 0. The highest BCUT2D eigenvalue weighted by Crippen LogP contribution is 2.12. The summed E-state index contributed by atoms with van der Waals surface area (Å²) in [6.45, 7) is 1.97. The monoisotopic (exact) mass is 221 g/mol. The van der Waals surface area contributed by atoms with Crippen molar-refractivity contribution in [2.75, 3.05) is 5.43 Å². The third-order valence-corrected chi connectivity index (χ3v) is 2.80. The Morgan fingerprint density at radius 3 is 3.00 bits per heavy atom. The van der Waals surface area contributed by atoms with E-state index in [1.807, 2.05) is 12.3 Å². The van der Waals surface area contributed by atoms with Crippen molar-refractivity contribution < 1.29 is 0 Å². The van der Waals surface area contributed by atoms with Gasteiger partial charge in [0.1, 0.15) is 16.6 Å². The molecule has 0 fully saturated rings. The van der Waals surface area contributed by atoms with Crippen LogP contribution in [0.1, 0.15) is 16.5 Å². The number of aromatic nitrogens is 3. The van der Waals surface area contributed by atoms with Crippen LogP contribution in [0.4, 0.5) is 5.82 Å². The molecular formula is C9H11N5S. The van der Waals surface area contributed by atoms with Crippen LogP contribution in [0.25, 0.3) is 0 Å². The molecule has 2 aromatic rings. The number of nitrogen functional groups attached to an aromatic ring is 1. The van der Waals surface area contributed by atoms with Crippen molar-refractivity contribution in [1.29, 1.82) is 0 Å². The Balaban J connectivity index is 2.16. The minimum Gasteiger partial charge on any atom is -0.308 e. The number of nitrogens with one attached hydrogen (secondary N) is 1. The largest absolute Gasteiger partial charge is 0.308 e. The van der Waals surface area contributed by atoms with Crippen LogP contribution in [-0.2, 0) is 6.42 Å². The highest BCUT2D eigenvalue weighted by Gasteiger charge is 2.03. The molecule has 78 valence electrons. The molecular weight excluding hydrogens is 210 g/mol. The van der Waals surface area contributed by atoms with E-state index in [9.17, 15) is 0 Å². The maximum atomic E-state index is 5.26. The van der Waals surface area contributed by atoms with E-state index in [-0.39, 0.29) is 0 Å². The highest BCUT2D eigenvalue weighted by molar-refractivity contribution is 7.09. The van der Waals surface area contributed by atoms with Gasteiger partial charge in [0.05, 0.1) is 6.42 Å². The van der Waals surface area contributed by atoms with Gasteiger partial charge in [-0.05, 0) is 6.92 Å². The van der Waals surface area contributed by atoms with E-state index >= 15 is 0 Å². The molecule has 3 N–H and O–H groups in total. The molecule has 0 radical (unpaired) electrons. The molecule has 0 aliphatic carbocycles. The van der Waals surface area contributed by atoms with Crippen molar-refractivity contribution in [3.8, 4) is 0 Å². The number of thiazole rings is 1. The van der Waals surface area contributed by atoms with E-state index in [0.29, 0.717) is 12.2 Å². The summed E-state index contributed by atoms with van der Waals surface area (Å²) in [5.41, 5.74) is 3.52. The van der Waals surface area contributed by atoms with E-state index in [1.54, 1.807) is 23.6 Å². The van der Waals surface area contributed by atoms with Crippen molar-refractivity contribution in [2.24, 2.45) is 5.84 Å². The summed E-state index contributed by atoms with van der Waals surface area (Å²) >= 11 is 1.62. The Kier molecular flexibility index (Phi) is 2.89. The van der Waals surface area contributed by atoms with E-state index in [2.05, 4.69) is 20.4 Å². The van der Waals surface area contributed by atoms with E-state index in [1.165, 1.54) is 0 Å². The van der Waals surface area contributed by atoms with Gasteiger partial charge in [-0.25, -0.2) is 20.8 Å². The minimum atomic E-state index is 0.619. The average molecular weight is 221 g/mol. The first-order valence-corrected chi connectivity index (χ1v) is 5.35. The lowest BCUT2D eigenvalue weighted by molar-refractivity contribution is 0.950. The predicted molar refractivity (Wildman–Crippen MR) is 59.5 cm³/mol. The third-order valence-electron chi connectivity index (χ3n) is 1.83. The molecule has 2 aromatic heterocycles. The van der Waals surface area contributed by atoms with Crippen LogP contribution < -0.4 is 11.3 Å². The number of nitrogens with two attached hydrogens (primary N) is 1. The Labute approximate surface area is 91.4 Å². The molecule has 15 heavy (non-hydrogen) atoms. The molecule has 0 aromatic carbocycles. The van der Waals surface area contributed by atoms with Gasteiger partial charge in [-0.2, -0.15) is 0 Å². The molecule has 0 atom stereocenters. The van der Waals surface area contributed by atoms with Gasteiger partial charge < -0.3 is 5.43 Å². The number of hydrogen-bond acceptors (Lipinski definition) is 6. The Morgan fingerprint density at radius 1 is 1.47 bits per heavy atom. The maximum absolute atomic E-state index is 5.26. The number of anilines is 1. The van der Waals surface area contributed by atoms with Crippen molar-refractivity contribution >= 4 is 17.2 Å². The standard InChI is InChI=1S/C9H11N5S/c1-6-5-15-9(12-6)4-8-11-3-2-7(13-8)14-10/h2-3,5H,4,10H2,1H3,(H,11,13,14). The van der Waals surface area contributed by atoms with Crippen LogP contribution >= 0.6 is 11.3 Å². The lowest BCUT2D eigenvalue weighted by Gasteiger charge is -2.00. The molecule has 2 rings (SSSR count). The van der Waals surface area contributed by atoms with Crippen LogP contribution in [0.15, 0.2) is 17.6 Å². The van der Waals surface area contributed by atoms with Crippen molar-refractivity contribution in [2.45, 2.75) is 13.3 Å².